The number of carbonyl (C=O) groups excluding carboxylic acids is 1. The maximum atomic E-state index is 12.1. The number of hydrogen-bond donors (Lipinski definition) is 3. The van der Waals surface area contributed by atoms with Crippen LogP contribution in [0.1, 0.15) is 10.6 Å². The van der Waals surface area contributed by atoms with Gasteiger partial charge < -0.3 is 14.8 Å². The maximum Gasteiger partial charge on any atom is 0.293 e. The Bertz CT molecular complexity index is 824. The van der Waals surface area contributed by atoms with Gasteiger partial charge in [-0.05, 0) is 36.5 Å². The minimum absolute atomic E-state index is 0.0443. The lowest BCUT2D eigenvalue weighted by Gasteiger charge is -2.09. The lowest BCUT2D eigenvalue weighted by molar-refractivity contribution is 0.0953. The topological polar surface area (TPSA) is 74.5 Å². The van der Waals surface area contributed by atoms with E-state index in [-0.39, 0.29) is 16.6 Å². The second-order valence-corrected chi connectivity index (χ2v) is 4.98. The number of benzene rings is 2. The molecule has 0 bridgehead atoms. The maximum absolute atomic E-state index is 12.1. The summed E-state index contributed by atoms with van der Waals surface area (Å²) >= 11 is 5.06. The second kappa shape index (κ2) is 5.87. The van der Waals surface area contributed by atoms with Crippen molar-refractivity contribution in [1.82, 2.24) is 5.32 Å². The fourth-order valence-electron chi connectivity index (χ4n) is 1.99. The first-order valence-corrected chi connectivity index (χ1v) is 6.93. The highest BCUT2D eigenvalue weighted by Gasteiger charge is 2.14. The molecule has 6 heteroatoms. The molecule has 0 aliphatic heterocycles. The highest BCUT2D eigenvalue weighted by atomic mass is 32.1. The van der Waals surface area contributed by atoms with Crippen LogP contribution >= 0.6 is 12.2 Å². The molecule has 1 heterocycles. The molecule has 0 aliphatic rings. The van der Waals surface area contributed by atoms with Crippen LogP contribution in [0, 0.1) is 0 Å². The molecular weight excluding hydrogens is 300 g/mol. The van der Waals surface area contributed by atoms with Crippen molar-refractivity contribution in [2.45, 2.75) is 0 Å². The van der Waals surface area contributed by atoms with Gasteiger partial charge in [0, 0.05) is 5.39 Å². The second-order valence-electron chi connectivity index (χ2n) is 4.57. The highest BCUT2D eigenvalue weighted by molar-refractivity contribution is 7.80. The molecule has 22 heavy (non-hydrogen) atoms. The third-order valence-electron chi connectivity index (χ3n) is 3.03. The molecule has 0 atom stereocenters. The average Bonchev–Trinajstić information content (AvgIpc) is 2.93. The minimum Gasteiger partial charge on any atom is -0.506 e. The third-order valence-corrected chi connectivity index (χ3v) is 3.23. The number of furan rings is 1. The standard InChI is InChI=1S/C16H12N2O3S/c19-12-7-3-2-6-11(12)17-16(22)18-15(20)14-9-10-5-1-4-8-13(10)21-14/h1-9,19H,(H2,17,18,20,22). The van der Waals surface area contributed by atoms with Crippen molar-refractivity contribution < 1.29 is 14.3 Å². The number of phenolic OH excluding ortho intramolecular Hbond substituents is 1. The molecule has 0 saturated heterocycles. The van der Waals surface area contributed by atoms with Gasteiger partial charge >= 0.3 is 0 Å². The molecule has 0 unspecified atom stereocenters. The van der Waals surface area contributed by atoms with Crippen LogP contribution in [0.5, 0.6) is 5.75 Å². The zero-order valence-electron chi connectivity index (χ0n) is 11.4. The smallest absolute Gasteiger partial charge is 0.293 e. The number of hydrogen-bond acceptors (Lipinski definition) is 4. The quantitative estimate of drug-likeness (QED) is 0.500. The fraction of sp³-hybridized carbons (Fsp3) is 0. The number of carbonyl (C=O) groups is 1. The van der Waals surface area contributed by atoms with Crippen LogP contribution in [0.25, 0.3) is 11.0 Å². The van der Waals surface area contributed by atoms with Crippen LogP contribution in [-0.2, 0) is 0 Å². The zero-order valence-corrected chi connectivity index (χ0v) is 12.2. The predicted molar refractivity (Wildman–Crippen MR) is 88.0 cm³/mol. The number of anilines is 1. The Balaban J connectivity index is 1.71. The number of amides is 1. The van der Waals surface area contributed by atoms with Crippen LogP contribution in [0.2, 0.25) is 0 Å². The Morgan fingerprint density at radius 3 is 2.59 bits per heavy atom. The molecule has 0 saturated carbocycles. The summed E-state index contributed by atoms with van der Waals surface area (Å²) < 4.78 is 5.46. The van der Waals surface area contributed by atoms with Crippen molar-refractivity contribution in [2.75, 3.05) is 5.32 Å². The number of para-hydroxylation sites is 3. The van der Waals surface area contributed by atoms with Crippen LogP contribution < -0.4 is 10.6 Å². The van der Waals surface area contributed by atoms with Gasteiger partial charge in [-0.2, -0.15) is 0 Å². The van der Waals surface area contributed by atoms with Gasteiger partial charge in [-0.15, -0.1) is 0 Å². The van der Waals surface area contributed by atoms with Gasteiger partial charge in [0.15, 0.2) is 10.9 Å². The molecular formula is C16H12N2O3S. The summed E-state index contributed by atoms with van der Waals surface area (Å²) in [6, 6.07) is 15.6. The normalized spacial score (nSPS) is 10.4. The van der Waals surface area contributed by atoms with Crippen LogP contribution in [-0.4, -0.2) is 16.1 Å². The van der Waals surface area contributed by atoms with E-state index in [1.165, 1.54) is 6.07 Å². The molecule has 0 spiro atoms. The van der Waals surface area contributed by atoms with Gasteiger partial charge in [-0.25, -0.2) is 0 Å². The summed E-state index contributed by atoms with van der Waals surface area (Å²) in [5.74, 6) is -0.241. The summed E-state index contributed by atoms with van der Waals surface area (Å²) in [5.41, 5.74) is 1.05. The molecule has 0 radical (unpaired) electrons. The Morgan fingerprint density at radius 2 is 1.82 bits per heavy atom. The van der Waals surface area contributed by atoms with E-state index in [0.717, 1.165) is 5.39 Å². The summed E-state index contributed by atoms with van der Waals surface area (Å²) in [4.78, 5) is 12.1. The summed E-state index contributed by atoms with van der Waals surface area (Å²) in [6.07, 6.45) is 0. The Kier molecular flexibility index (Phi) is 3.76. The number of fused-ring (bicyclic) bond motifs is 1. The van der Waals surface area contributed by atoms with E-state index in [1.54, 1.807) is 30.3 Å². The number of nitrogens with one attached hydrogen (secondary N) is 2. The molecule has 3 rings (SSSR count). The lowest BCUT2D eigenvalue weighted by atomic mass is 10.2. The SMILES string of the molecule is O=C(NC(=S)Nc1ccccc1O)c1cc2ccccc2o1. The number of rotatable bonds is 2. The summed E-state index contributed by atoms with van der Waals surface area (Å²) in [5, 5.41) is 15.8. The van der Waals surface area contributed by atoms with Crippen molar-refractivity contribution in [1.29, 1.82) is 0 Å². The van der Waals surface area contributed by atoms with E-state index in [9.17, 15) is 9.90 Å². The van der Waals surface area contributed by atoms with Crippen molar-refractivity contribution in [3.05, 3.63) is 60.4 Å². The first-order valence-electron chi connectivity index (χ1n) is 6.52. The average molecular weight is 312 g/mol. The molecule has 0 aliphatic carbocycles. The van der Waals surface area contributed by atoms with Crippen molar-refractivity contribution >= 4 is 39.9 Å². The number of phenols is 1. The Morgan fingerprint density at radius 1 is 1.09 bits per heavy atom. The fourth-order valence-corrected chi connectivity index (χ4v) is 2.19. The largest absolute Gasteiger partial charge is 0.506 e. The lowest BCUT2D eigenvalue weighted by Crippen LogP contribution is -2.33. The van der Waals surface area contributed by atoms with Crippen molar-refractivity contribution in [3.8, 4) is 5.75 Å². The number of aromatic hydroxyl groups is 1. The zero-order chi connectivity index (χ0) is 15.5. The van der Waals surface area contributed by atoms with Crippen molar-refractivity contribution in [3.63, 3.8) is 0 Å². The van der Waals surface area contributed by atoms with Gasteiger partial charge in [0.05, 0.1) is 5.69 Å². The van der Waals surface area contributed by atoms with E-state index < -0.39 is 5.91 Å². The highest BCUT2D eigenvalue weighted by Crippen LogP contribution is 2.21. The van der Waals surface area contributed by atoms with Gasteiger partial charge in [-0.1, -0.05) is 30.3 Å². The monoisotopic (exact) mass is 312 g/mol. The van der Waals surface area contributed by atoms with Crippen LogP contribution in [0.4, 0.5) is 5.69 Å². The first-order chi connectivity index (χ1) is 10.6. The molecule has 3 N–H and O–H groups in total. The van der Waals surface area contributed by atoms with Gasteiger partial charge in [-0.3, -0.25) is 10.1 Å². The van der Waals surface area contributed by atoms with Gasteiger partial charge in [0.25, 0.3) is 5.91 Å². The van der Waals surface area contributed by atoms with Crippen molar-refractivity contribution in [2.24, 2.45) is 0 Å². The van der Waals surface area contributed by atoms with E-state index in [1.807, 2.05) is 18.2 Å². The van der Waals surface area contributed by atoms with E-state index in [4.69, 9.17) is 16.6 Å². The molecule has 0 fully saturated rings. The third kappa shape index (κ3) is 2.91. The Hall–Kier alpha value is -2.86. The molecule has 1 amide bonds. The van der Waals surface area contributed by atoms with Gasteiger partial charge in [0.1, 0.15) is 11.3 Å². The van der Waals surface area contributed by atoms with E-state index >= 15 is 0 Å². The Labute approximate surface area is 131 Å². The molecule has 1 aromatic heterocycles. The molecule has 3 aromatic rings. The van der Waals surface area contributed by atoms with Crippen LogP contribution in [0.3, 0.4) is 0 Å². The van der Waals surface area contributed by atoms with Gasteiger partial charge in [0.2, 0.25) is 0 Å². The van der Waals surface area contributed by atoms with Crippen LogP contribution in [0.15, 0.2) is 59.0 Å². The molecule has 2 aromatic carbocycles. The number of thiocarbonyl (C=S) groups is 1. The summed E-state index contributed by atoms with van der Waals surface area (Å²) in [6.45, 7) is 0. The first kappa shape index (κ1) is 14.1. The minimum atomic E-state index is -0.455. The van der Waals surface area contributed by atoms with E-state index in [0.29, 0.717) is 11.3 Å². The predicted octanol–water partition coefficient (Wildman–Crippen LogP) is 3.27. The molecule has 5 nitrogen and oxygen atoms in total. The van der Waals surface area contributed by atoms with E-state index in [2.05, 4.69) is 10.6 Å². The molecule has 110 valence electrons. The summed E-state index contributed by atoms with van der Waals surface area (Å²) in [7, 11) is 0.